The van der Waals surface area contributed by atoms with E-state index in [1.807, 2.05) is 0 Å². The zero-order chi connectivity index (χ0) is 7.72. The molecule has 1 aromatic heterocycles. The van der Waals surface area contributed by atoms with Crippen LogP contribution in [0.2, 0.25) is 0 Å². The number of rotatable bonds is 1. The summed E-state index contributed by atoms with van der Waals surface area (Å²) in [4.78, 5) is 0.523. The van der Waals surface area contributed by atoms with Gasteiger partial charge in [0, 0.05) is 12.4 Å². The van der Waals surface area contributed by atoms with Crippen molar-refractivity contribution in [3.63, 3.8) is 0 Å². The van der Waals surface area contributed by atoms with Gasteiger partial charge >= 0.3 is 7.12 Å². The van der Waals surface area contributed by atoms with E-state index in [4.69, 9.17) is 10.0 Å². The minimum absolute atomic E-state index is 0.346. The van der Waals surface area contributed by atoms with Gasteiger partial charge in [-0.15, -0.1) is 0 Å². The lowest BCUT2D eigenvalue weighted by Gasteiger charge is -1.93. The smallest absolute Gasteiger partial charge is 0.493 e. The van der Waals surface area contributed by atoms with Gasteiger partial charge in [0.2, 0.25) is 0 Å². The molecule has 1 atom stereocenters. The van der Waals surface area contributed by atoms with E-state index in [2.05, 4.69) is 0 Å². The quantitative estimate of drug-likeness (QED) is 0.423. The topological polar surface area (TPSA) is 63.5 Å². The highest BCUT2D eigenvalue weighted by Gasteiger charge is 2.19. The highest BCUT2D eigenvalue weighted by atomic mass is 32.2. The zero-order valence-electron chi connectivity index (χ0n) is 5.44. The Balaban J connectivity index is 3.05. The van der Waals surface area contributed by atoms with Gasteiger partial charge in [-0.25, -0.2) is 0 Å². The molecule has 1 heterocycles. The fraction of sp³-hybridized carbons (Fsp3) is 0.200. The summed E-state index contributed by atoms with van der Waals surface area (Å²) in [6.45, 7) is 1.62. The van der Waals surface area contributed by atoms with Crippen LogP contribution in [0.5, 0.6) is 0 Å². The van der Waals surface area contributed by atoms with E-state index in [0.717, 1.165) is 0 Å². The second-order valence-corrected chi connectivity index (χ2v) is 3.46. The molecule has 0 aliphatic carbocycles. The van der Waals surface area contributed by atoms with E-state index in [0.29, 0.717) is 10.3 Å². The number of hydrogen-bond donors (Lipinski definition) is 2. The van der Waals surface area contributed by atoms with Crippen molar-refractivity contribution in [2.75, 3.05) is 0 Å². The van der Waals surface area contributed by atoms with Crippen molar-refractivity contribution in [3.05, 3.63) is 16.3 Å². The van der Waals surface area contributed by atoms with Crippen molar-refractivity contribution in [2.24, 2.45) is 0 Å². The minimum atomic E-state index is -1.50. The Morgan fingerprint density at radius 2 is 2.20 bits per heavy atom. The van der Waals surface area contributed by atoms with Gasteiger partial charge in [0.1, 0.15) is 10.3 Å². The fourth-order valence-electron chi connectivity index (χ4n) is 0.739. The van der Waals surface area contributed by atoms with Crippen LogP contribution in [0.3, 0.4) is 0 Å². The van der Waals surface area contributed by atoms with Crippen molar-refractivity contribution in [1.82, 2.24) is 0 Å². The van der Waals surface area contributed by atoms with Crippen LogP contribution in [0.25, 0.3) is 0 Å². The predicted molar refractivity (Wildman–Crippen MR) is 39.7 cm³/mol. The van der Waals surface area contributed by atoms with E-state index >= 15 is 0 Å². The molecule has 1 unspecified atom stereocenters. The molecule has 0 amide bonds. The molecule has 0 saturated heterocycles. The molecular weight excluding hydrogens is 151 g/mol. The van der Waals surface area contributed by atoms with Gasteiger partial charge in [-0.1, -0.05) is 10.8 Å². The maximum atomic E-state index is 10.8. The molecule has 0 fully saturated rings. The maximum absolute atomic E-state index is 10.8. The van der Waals surface area contributed by atoms with Gasteiger partial charge in [-0.2, -0.15) is 0 Å². The molecule has 0 aliphatic rings. The van der Waals surface area contributed by atoms with E-state index in [1.54, 1.807) is 6.92 Å². The van der Waals surface area contributed by atoms with E-state index in [1.165, 1.54) is 11.4 Å². The summed E-state index contributed by atoms with van der Waals surface area (Å²) >= 11 is 0. The summed E-state index contributed by atoms with van der Waals surface area (Å²) in [5.41, 5.74) is 0.346. The van der Waals surface area contributed by atoms with Crippen molar-refractivity contribution in [2.45, 2.75) is 6.92 Å². The first-order chi connectivity index (χ1) is 4.63. The van der Waals surface area contributed by atoms with Gasteiger partial charge in [-0.05, 0) is 6.07 Å². The first-order valence-electron chi connectivity index (χ1n) is 2.78. The summed E-state index contributed by atoms with van der Waals surface area (Å²) in [5.74, 6) is 0. The van der Waals surface area contributed by atoms with Crippen molar-refractivity contribution < 1.29 is 14.6 Å². The molecule has 0 aliphatic heterocycles. The minimum Gasteiger partial charge on any atom is -0.590 e. The van der Waals surface area contributed by atoms with Gasteiger partial charge < -0.3 is 14.6 Å². The second kappa shape index (κ2) is 2.71. The summed E-state index contributed by atoms with van der Waals surface area (Å²) in [5, 5.41) is 18.7. The Morgan fingerprint density at radius 3 is 2.40 bits per heavy atom. The van der Waals surface area contributed by atoms with Crippen LogP contribution in [-0.2, 0) is 0 Å². The van der Waals surface area contributed by atoms with Crippen LogP contribution < -0.4 is 5.46 Å². The van der Waals surface area contributed by atoms with E-state index in [9.17, 15) is 4.55 Å². The van der Waals surface area contributed by atoms with Crippen LogP contribution >= 0.6 is 10.8 Å². The lowest BCUT2D eigenvalue weighted by molar-refractivity contribution is 0.425. The highest BCUT2D eigenvalue weighted by molar-refractivity contribution is 7.24. The van der Waals surface area contributed by atoms with Crippen LogP contribution in [0.1, 0.15) is 4.88 Å². The lowest BCUT2D eigenvalue weighted by Crippen LogP contribution is -2.30. The third kappa shape index (κ3) is 1.22. The monoisotopic (exact) mass is 158 g/mol. The fourth-order valence-corrected chi connectivity index (χ4v) is 1.62. The first kappa shape index (κ1) is 7.75. The van der Waals surface area contributed by atoms with Gasteiger partial charge in [0.25, 0.3) is 0 Å². The van der Waals surface area contributed by atoms with Crippen LogP contribution in [0.4, 0.5) is 0 Å². The lowest BCUT2D eigenvalue weighted by atomic mass is 9.81. The highest BCUT2D eigenvalue weighted by Crippen LogP contribution is 2.15. The average Bonchev–Trinajstić information content (AvgIpc) is 2.14. The van der Waals surface area contributed by atoms with Crippen molar-refractivity contribution >= 4 is 23.3 Å². The number of thiophene rings is 1. The molecule has 54 valence electrons. The largest absolute Gasteiger partial charge is 0.590 e. The van der Waals surface area contributed by atoms with Gasteiger partial charge in [0.15, 0.2) is 0 Å². The van der Waals surface area contributed by atoms with Gasteiger partial charge in [-0.3, -0.25) is 0 Å². The van der Waals surface area contributed by atoms with Gasteiger partial charge in [0.05, 0.1) is 0 Å². The third-order valence-corrected chi connectivity index (χ3v) is 2.58. The van der Waals surface area contributed by atoms with Crippen LogP contribution in [0.15, 0.2) is 11.4 Å². The maximum Gasteiger partial charge on any atom is 0.493 e. The Kier molecular flexibility index (Phi) is 2.10. The van der Waals surface area contributed by atoms with Crippen LogP contribution in [0, 0.1) is 6.92 Å². The summed E-state index contributed by atoms with van der Waals surface area (Å²) in [7, 11) is -2.64. The molecule has 5 heteroatoms. The Bertz CT molecular complexity index is 233. The molecule has 0 saturated carbocycles. The van der Waals surface area contributed by atoms with E-state index < -0.39 is 17.9 Å². The molecule has 2 N–H and O–H groups in total. The van der Waals surface area contributed by atoms with Crippen molar-refractivity contribution in [3.8, 4) is 0 Å². The predicted octanol–water partition coefficient (Wildman–Crippen LogP) is -0.598. The number of hydrogen-bond acceptors (Lipinski definition) is 3. The summed E-state index contributed by atoms with van der Waals surface area (Å²) < 4.78 is 10.8. The normalized spacial score (nSPS) is 11.8. The molecule has 0 spiro atoms. The second-order valence-electron chi connectivity index (χ2n) is 1.99. The zero-order valence-corrected chi connectivity index (χ0v) is 6.26. The summed E-state index contributed by atoms with van der Waals surface area (Å²) in [6, 6.07) is 1.47. The Labute approximate surface area is 61.9 Å². The standard InChI is InChI=1S/C5H7BO3S/c1-4-5(6(7)8)2-3-10(4)9/h2-3,7-8H,1H3. The molecule has 0 bridgehead atoms. The first-order valence-corrected chi connectivity index (χ1v) is 4.00. The average molecular weight is 158 g/mol. The molecule has 0 aromatic carbocycles. The Hall–Kier alpha value is -0.355. The Morgan fingerprint density at radius 1 is 1.60 bits per heavy atom. The third-order valence-electron chi connectivity index (χ3n) is 1.36. The molecule has 3 nitrogen and oxygen atoms in total. The summed E-state index contributed by atoms with van der Waals surface area (Å²) in [6.07, 6.45) is 0. The molecule has 10 heavy (non-hydrogen) atoms. The molecule has 0 radical (unpaired) electrons. The molecule has 1 aromatic rings. The molecule has 1 rings (SSSR count). The van der Waals surface area contributed by atoms with Crippen molar-refractivity contribution in [1.29, 1.82) is 0 Å². The van der Waals surface area contributed by atoms with E-state index in [-0.39, 0.29) is 0 Å². The van der Waals surface area contributed by atoms with Crippen LogP contribution in [-0.4, -0.2) is 21.7 Å². The molecular formula is C5H7BO3S. The SMILES string of the molecule is Cc1c(B(O)O)cc[s+]1[O-].